The summed E-state index contributed by atoms with van der Waals surface area (Å²) in [5.74, 6) is 2.60. The van der Waals surface area contributed by atoms with Gasteiger partial charge in [-0.1, -0.05) is 17.3 Å². The summed E-state index contributed by atoms with van der Waals surface area (Å²) in [6, 6.07) is 5.80. The third-order valence-electron chi connectivity index (χ3n) is 3.96. The Balaban J connectivity index is 1.49. The summed E-state index contributed by atoms with van der Waals surface area (Å²) >= 11 is 0. The maximum atomic E-state index is 9.87. The maximum Gasteiger partial charge on any atom is 0.229 e. The van der Waals surface area contributed by atoms with Crippen LogP contribution in [0.5, 0.6) is 5.75 Å². The molecule has 1 atom stereocenters. The van der Waals surface area contributed by atoms with Crippen molar-refractivity contribution in [1.29, 1.82) is 0 Å². The second-order valence-corrected chi connectivity index (χ2v) is 5.49. The molecule has 0 radical (unpaired) electrons. The quantitative estimate of drug-likeness (QED) is 0.926. The molecule has 0 amide bonds. The van der Waals surface area contributed by atoms with Crippen molar-refractivity contribution in [3.8, 4) is 5.75 Å². The van der Waals surface area contributed by atoms with Gasteiger partial charge in [-0.25, -0.2) is 0 Å². The highest BCUT2D eigenvalue weighted by atomic mass is 16.5. The van der Waals surface area contributed by atoms with E-state index in [0.29, 0.717) is 18.3 Å². The normalized spacial score (nSPS) is 20.9. The molecule has 2 aromatic rings. The molecule has 2 aliphatic rings. The van der Waals surface area contributed by atoms with Gasteiger partial charge in [0.1, 0.15) is 5.75 Å². The molecule has 0 bridgehead atoms. The standard InChI is InChI=1S/C15H16N2O3/c18-12-7-6-11-10(12)2-1-3-13(11)19-8-14-16-15(20-17-14)9-4-5-9/h1-3,9,12,18H,4-8H2. The van der Waals surface area contributed by atoms with Gasteiger partial charge in [0, 0.05) is 11.5 Å². The van der Waals surface area contributed by atoms with E-state index in [1.54, 1.807) is 0 Å². The van der Waals surface area contributed by atoms with Gasteiger partial charge in [-0.2, -0.15) is 4.98 Å². The summed E-state index contributed by atoms with van der Waals surface area (Å²) < 4.78 is 11.0. The minimum absolute atomic E-state index is 0.308. The molecule has 5 heteroatoms. The largest absolute Gasteiger partial charge is 0.485 e. The Morgan fingerprint density at radius 1 is 1.30 bits per heavy atom. The molecule has 1 aromatic carbocycles. The van der Waals surface area contributed by atoms with Gasteiger partial charge in [0.25, 0.3) is 0 Å². The van der Waals surface area contributed by atoms with E-state index < -0.39 is 0 Å². The number of hydrogen-bond acceptors (Lipinski definition) is 5. The number of rotatable bonds is 4. The molecule has 1 fully saturated rings. The summed E-state index contributed by atoms with van der Waals surface area (Å²) in [6.07, 6.45) is 3.55. The smallest absolute Gasteiger partial charge is 0.229 e. The third-order valence-corrected chi connectivity index (χ3v) is 3.96. The molecule has 1 unspecified atom stereocenters. The Morgan fingerprint density at radius 2 is 2.20 bits per heavy atom. The minimum atomic E-state index is -0.361. The van der Waals surface area contributed by atoms with E-state index in [4.69, 9.17) is 9.26 Å². The van der Waals surface area contributed by atoms with Crippen LogP contribution < -0.4 is 4.74 Å². The summed E-state index contributed by atoms with van der Waals surface area (Å²) in [6.45, 7) is 0.308. The number of aromatic nitrogens is 2. The van der Waals surface area contributed by atoms with Crippen molar-refractivity contribution in [2.75, 3.05) is 0 Å². The minimum Gasteiger partial charge on any atom is -0.485 e. The fourth-order valence-corrected chi connectivity index (χ4v) is 2.70. The van der Waals surface area contributed by atoms with Crippen LogP contribution in [0.3, 0.4) is 0 Å². The van der Waals surface area contributed by atoms with Gasteiger partial charge in [0.2, 0.25) is 11.7 Å². The number of fused-ring (bicyclic) bond motifs is 1. The first-order chi connectivity index (χ1) is 9.81. The number of hydrogen-bond donors (Lipinski definition) is 1. The van der Waals surface area contributed by atoms with Gasteiger partial charge < -0.3 is 14.4 Å². The van der Waals surface area contributed by atoms with Gasteiger partial charge in [0.05, 0.1) is 6.10 Å². The number of ether oxygens (including phenoxy) is 1. The molecule has 1 saturated carbocycles. The van der Waals surface area contributed by atoms with Crippen LogP contribution in [0.15, 0.2) is 22.7 Å². The van der Waals surface area contributed by atoms with Crippen LogP contribution in [-0.2, 0) is 13.0 Å². The maximum absolute atomic E-state index is 9.87. The Morgan fingerprint density at radius 3 is 3.05 bits per heavy atom. The van der Waals surface area contributed by atoms with Crippen LogP contribution in [0.25, 0.3) is 0 Å². The van der Waals surface area contributed by atoms with Crippen molar-refractivity contribution in [3.05, 3.63) is 41.0 Å². The molecule has 0 spiro atoms. The highest BCUT2D eigenvalue weighted by molar-refractivity contribution is 5.44. The zero-order valence-electron chi connectivity index (χ0n) is 11.1. The number of aliphatic hydroxyl groups excluding tert-OH is 1. The molecule has 1 aromatic heterocycles. The van der Waals surface area contributed by atoms with Crippen LogP contribution >= 0.6 is 0 Å². The van der Waals surface area contributed by atoms with Crippen LogP contribution in [0.1, 0.15) is 54.1 Å². The highest BCUT2D eigenvalue weighted by Gasteiger charge is 2.29. The lowest BCUT2D eigenvalue weighted by molar-refractivity contribution is 0.180. The summed E-state index contributed by atoms with van der Waals surface area (Å²) in [5.41, 5.74) is 2.08. The lowest BCUT2D eigenvalue weighted by Crippen LogP contribution is -2.00. The van der Waals surface area contributed by atoms with Crippen molar-refractivity contribution < 1.29 is 14.4 Å². The van der Waals surface area contributed by atoms with E-state index in [-0.39, 0.29) is 6.10 Å². The fourth-order valence-electron chi connectivity index (χ4n) is 2.70. The molecule has 0 aliphatic heterocycles. The van der Waals surface area contributed by atoms with Crippen LogP contribution in [0.2, 0.25) is 0 Å². The predicted molar refractivity (Wildman–Crippen MR) is 70.3 cm³/mol. The lowest BCUT2D eigenvalue weighted by Gasteiger charge is -2.09. The van der Waals surface area contributed by atoms with Gasteiger partial charge in [-0.3, -0.25) is 0 Å². The van der Waals surface area contributed by atoms with Crippen molar-refractivity contribution in [2.45, 2.75) is 44.3 Å². The van der Waals surface area contributed by atoms with Crippen LogP contribution in [0.4, 0.5) is 0 Å². The molecule has 104 valence electrons. The molecule has 0 saturated heterocycles. The molecule has 1 heterocycles. The van der Waals surface area contributed by atoms with Gasteiger partial charge in [-0.05, 0) is 37.3 Å². The Hall–Kier alpha value is -1.88. The number of nitrogens with zero attached hydrogens (tertiary/aromatic N) is 2. The number of aliphatic hydroxyl groups is 1. The topological polar surface area (TPSA) is 68.4 Å². The zero-order valence-corrected chi connectivity index (χ0v) is 11.1. The van der Waals surface area contributed by atoms with Crippen molar-refractivity contribution in [1.82, 2.24) is 10.1 Å². The molecule has 20 heavy (non-hydrogen) atoms. The van der Waals surface area contributed by atoms with E-state index in [9.17, 15) is 5.11 Å². The van der Waals surface area contributed by atoms with E-state index in [1.165, 1.54) is 0 Å². The van der Waals surface area contributed by atoms with Gasteiger partial charge in [0.15, 0.2) is 6.61 Å². The van der Waals surface area contributed by atoms with E-state index in [2.05, 4.69) is 10.1 Å². The Bertz CT molecular complexity index is 634. The van der Waals surface area contributed by atoms with Crippen LogP contribution in [0, 0.1) is 0 Å². The average Bonchev–Trinajstić information content (AvgIpc) is 3.09. The summed E-state index contributed by atoms with van der Waals surface area (Å²) in [4.78, 5) is 4.34. The molecule has 5 nitrogen and oxygen atoms in total. The first-order valence-electron chi connectivity index (χ1n) is 7.06. The van der Waals surface area contributed by atoms with Crippen LogP contribution in [-0.4, -0.2) is 15.2 Å². The molecule has 2 aliphatic carbocycles. The molecular weight excluding hydrogens is 256 g/mol. The van der Waals surface area contributed by atoms with Crippen molar-refractivity contribution in [2.24, 2.45) is 0 Å². The average molecular weight is 272 g/mol. The van der Waals surface area contributed by atoms with E-state index >= 15 is 0 Å². The predicted octanol–water partition coefficient (Wildman–Crippen LogP) is 2.51. The van der Waals surface area contributed by atoms with Gasteiger partial charge >= 0.3 is 0 Å². The van der Waals surface area contributed by atoms with E-state index in [1.807, 2.05) is 18.2 Å². The van der Waals surface area contributed by atoms with Crippen molar-refractivity contribution in [3.63, 3.8) is 0 Å². The lowest BCUT2D eigenvalue weighted by atomic mass is 10.1. The van der Waals surface area contributed by atoms with E-state index in [0.717, 1.165) is 48.5 Å². The third kappa shape index (κ3) is 2.08. The Labute approximate surface area is 116 Å². The fraction of sp³-hybridized carbons (Fsp3) is 0.467. The highest BCUT2D eigenvalue weighted by Crippen LogP contribution is 2.39. The zero-order chi connectivity index (χ0) is 13.5. The second kappa shape index (κ2) is 4.59. The summed E-state index contributed by atoms with van der Waals surface area (Å²) in [7, 11) is 0. The first-order valence-corrected chi connectivity index (χ1v) is 7.06. The SMILES string of the molecule is OC1CCc2c(OCc3noc(C4CC4)n3)cccc21. The van der Waals surface area contributed by atoms with Crippen molar-refractivity contribution >= 4 is 0 Å². The second-order valence-electron chi connectivity index (χ2n) is 5.49. The number of benzene rings is 1. The first kappa shape index (κ1) is 11.9. The molecule has 4 rings (SSSR count). The van der Waals surface area contributed by atoms with Gasteiger partial charge in [-0.15, -0.1) is 0 Å². The summed E-state index contributed by atoms with van der Waals surface area (Å²) in [5, 5.41) is 13.8. The molecular formula is C15H16N2O3. The monoisotopic (exact) mass is 272 g/mol. The molecule has 1 N–H and O–H groups in total. The Kier molecular flexibility index (Phi) is 2.73.